The minimum atomic E-state index is -0.855. The number of ether oxygens (including phenoxy) is 1. The Morgan fingerprint density at radius 3 is 2.79 bits per heavy atom. The van der Waals surface area contributed by atoms with Gasteiger partial charge < -0.3 is 15.8 Å². The Labute approximate surface area is 116 Å². The molecule has 0 radical (unpaired) electrons. The Balaban J connectivity index is 1.99. The van der Waals surface area contributed by atoms with E-state index < -0.39 is 12.1 Å². The van der Waals surface area contributed by atoms with Gasteiger partial charge in [0.2, 0.25) is 0 Å². The number of esters is 1. The smallest absolute Gasteiger partial charge is 0.341 e. The van der Waals surface area contributed by atoms with E-state index in [9.17, 15) is 9.59 Å². The zero-order valence-electron chi connectivity index (χ0n) is 10.5. The van der Waals surface area contributed by atoms with Gasteiger partial charge in [-0.05, 0) is 31.9 Å². The van der Waals surface area contributed by atoms with Crippen LogP contribution in [-0.4, -0.2) is 24.0 Å². The van der Waals surface area contributed by atoms with E-state index in [0.29, 0.717) is 0 Å². The highest BCUT2D eigenvalue weighted by atomic mass is 35.5. The van der Waals surface area contributed by atoms with Crippen LogP contribution in [-0.2, 0) is 9.53 Å². The second-order valence-corrected chi connectivity index (χ2v) is 4.94. The van der Waals surface area contributed by atoms with Crippen molar-refractivity contribution in [3.63, 3.8) is 0 Å². The summed E-state index contributed by atoms with van der Waals surface area (Å²) in [5.74, 6) is -0.949. The fourth-order valence-corrected chi connectivity index (χ4v) is 1.71. The summed E-state index contributed by atoms with van der Waals surface area (Å²) < 4.78 is 5.07. The number of nitrogens with one attached hydrogen (secondary N) is 1. The molecule has 1 aromatic rings. The number of nitrogen functional groups attached to an aromatic ring is 1. The molecule has 3 N–H and O–H groups in total. The molecule has 0 saturated heterocycles. The molecular weight excluding hydrogens is 268 g/mol. The van der Waals surface area contributed by atoms with Crippen molar-refractivity contribution in [2.24, 2.45) is 0 Å². The van der Waals surface area contributed by atoms with E-state index in [4.69, 9.17) is 22.1 Å². The monoisotopic (exact) mass is 282 g/mol. The third-order valence-corrected chi connectivity index (χ3v) is 3.18. The van der Waals surface area contributed by atoms with Gasteiger partial charge in [-0.2, -0.15) is 0 Å². The van der Waals surface area contributed by atoms with Crippen molar-refractivity contribution in [3.05, 3.63) is 28.8 Å². The van der Waals surface area contributed by atoms with Crippen molar-refractivity contribution in [3.8, 4) is 0 Å². The summed E-state index contributed by atoms with van der Waals surface area (Å²) in [7, 11) is 0. The average molecular weight is 283 g/mol. The first kappa shape index (κ1) is 13.7. The van der Waals surface area contributed by atoms with Crippen molar-refractivity contribution in [2.45, 2.75) is 31.9 Å². The number of carbonyl (C=O) groups is 2. The van der Waals surface area contributed by atoms with Crippen molar-refractivity contribution < 1.29 is 14.3 Å². The molecule has 6 heteroatoms. The summed E-state index contributed by atoms with van der Waals surface area (Å²) in [5.41, 5.74) is 6.01. The van der Waals surface area contributed by atoms with Gasteiger partial charge in [-0.25, -0.2) is 4.79 Å². The molecule has 1 aromatic carbocycles. The lowest BCUT2D eigenvalue weighted by Gasteiger charge is -2.14. The predicted octanol–water partition coefficient (Wildman–Crippen LogP) is 1.75. The van der Waals surface area contributed by atoms with E-state index in [2.05, 4.69) is 5.32 Å². The van der Waals surface area contributed by atoms with E-state index in [0.717, 1.165) is 12.8 Å². The number of para-hydroxylation sites is 1. The first-order chi connectivity index (χ1) is 8.99. The molecule has 0 spiro atoms. The standard InChI is InChI=1S/C13H15ClN2O3/c1-7(12(17)16-8-5-6-8)19-13(18)9-3-2-4-10(14)11(9)15/h2-4,7-8H,5-6,15H2,1H3,(H,16,17). The summed E-state index contributed by atoms with van der Waals surface area (Å²) in [6.07, 6.45) is 1.10. The van der Waals surface area contributed by atoms with Crippen LogP contribution in [0.5, 0.6) is 0 Å². The number of hydrogen-bond acceptors (Lipinski definition) is 4. The van der Waals surface area contributed by atoms with E-state index in [-0.39, 0.29) is 28.2 Å². The Morgan fingerprint density at radius 1 is 1.47 bits per heavy atom. The number of nitrogens with two attached hydrogens (primary N) is 1. The Morgan fingerprint density at radius 2 is 2.16 bits per heavy atom. The number of halogens is 1. The zero-order valence-corrected chi connectivity index (χ0v) is 11.2. The first-order valence-electron chi connectivity index (χ1n) is 6.04. The molecule has 1 aliphatic rings. The molecule has 1 fully saturated rings. The third kappa shape index (κ3) is 3.38. The Hall–Kier alpha value is -1.75. The minimum absolute atomic E-state index is 0.156. The van der Waals surface area contributed by atoms with E-state index in [1.54, 1.807) is 12.1 Å². The highest BCUT2D eigenvalue weighted by Crippen LogP contribution is 2.23. The minimum Gasteiger partial charge on any atom is -0.449 e. The van der Waals surface area contributed by atoms with Crippen molar-refractivity contribution >= 4 is 29.2 Å². The molecule has 1 atom stereocenters. The molecule has 1 aliphatic carbocycles. The fraction of sp³-hybridized carbons (Fsp3) is 0.385. The van der Waals surface area contributed by atoms with E-state index >= 15 is 0 Å². The van der Waals surface area contributed by atoms with Crippen LogP contribution < -0.4 is 11.1 Å². The van der Waals surface area contributed by atoms with Crippen LogP contribution in [0.1, 0.15) is 30.1 Å². The van der Waals surface area contributed by atoms with Crippen LogP contribution in [0.4, 0.5) is 5.69 Å². The predicted molar refractivity (Wildman–Crippen MR) is 71.9 cm³/mol. The quantitative estimate of drug-likeness (QED) is 0.651. The molecular formula is C13H15ClN2O3. The number of benzene rings is 1. The lowest BCUT2D eigenvalue weighted by molar-refractivity contribution is -0.129. The number of hydrogen-bond donors (Lipinski definition) is 2. The summed E-state index contributed by atoms with van der Waals surface area (Å²) >= 11 is 5.82. The van der Waals surface area contributed by atoms with Gasteiger partial charge in [0.05, 0.1) is 16.3 Å². The van der Waals surface area contributed by atoms with E-state index in [1.165, 1.54) is 13.0 Å². The molecule has 102 valence electrons. The highest BCUT2D eigenvalue weighted by molar-refractivity contribution is 6.33. The molecule has 2 rings (SSSR count). The summed E-state index contributed by atoms with van der Waals surface area (Å²) in [6, 6.07) is 4.92. The van der Waals surface area contributed by atoms with Crippen LogP contribution in [0.15, 0.2) is 18.2 Å². The SMILES string of the molecule is CC(OC(=O)c1cccc(Cl)c1N)C(=O)NC1CC1. The largest absolute Gasteiger partial charge is 0.449 e. The molecule has 0 aromatic heterocycles. The van der Waals surface area contributed by atoms with Gasteiger partial charge in [0.1, 0.15) is 0 Å². The third-order valence-electron chi connectivity index (χ3n) is 2.85. The number of amides is 1. The van der Waals surface area contributed by atoms with Crippen molar-refractivity contribution in [1.82, 2.24) is 5.32 Å². The lowest BCUT2D eigenvalue weighted by atomic mass is 10.2. The van der Waals surface area contributed by atoms with Gasteiger partial charge in [-0.3, -0.25) is 4.79 Å². The molecule has 5 nitrogen and oxygen atoms in total. The summed E-state index contributed by atoms with van der Waals surface area (Å²) in [6.45, 7) is 1.52. The molecule has 1 unspecified atom stereocenters. The summed E-state index contributed by atoms with van der Waals surface area (Å²) in [5, 5.41) is 3.04. The number of anilines is 1. The number of carbonyl (C=O) groups excluding carboxylic acids is 2. The normalized spacial score (nSPS) is 15.7. The zero-order chi connectivity index (χ0) is 14.0. The van der Waals surface area contributed by atoms with Crippen LogP contribution in [0.3, 0.4) is 0 Å². The van der Waals surface area contributed by atoms with E-state index in [1.807, 2.05) is 0 Å². The highest BCUT2D eigenvalue weighted by Gasteiger charge is 2.27. The van der Waals surface area contributed by atoms with Crippen LogP contribution >= 0.6 is 11.6 Å². The van der Waals surface area contributed by atoms with Gasteiger partial charge in [0, 0.05) is 6.04 Å². The molecule has 1 amide bonds. The first-order valence-corrected chi connectivity index (χ1v) is 6.42. The molecule has 0 bridgehead atoms. The van der Waals surface area contributed by atoms with Crippen LogP contribution in [0.25, 0.3) is 0 Å². The topological polar surface area (TPSA) is 81.4 Å². The molecule has 0 aliphatic heterocycles. The van der Waals surface area contributed by atoms with Crippen LogP contribution in [0.2, 0.25) is 5.02 Å². The second-order valence-electron chi connectivity index (χ2n) is 4.53. The molecule has 1 saturated carbocycles. The van der Waals surface area contributed by atoms with Gasteiger partial charge >= 0.3 is 5.97 Å². The van der Waals surface area contributed by atoms with Gasteiger partial charge in [0.15, 0.2) is 6.10 Å². The van der Waals surface area contributed by atoms with Gasteiger partial charge in [-0.1, -0.05) is 17.7 Å². The Kier molecular flexibility index (Phi) is 3.95. The lowest BCUT2D eigenvalue weighted by Crippen LogP contribution is -2.37. The maximum absolute atomic E-state index is 11.9. The van der Waals surface area contributed by atoms with Gasteiger partial charge in [0.25, 0.3) is 5.91 Å². The van der Waals surface area contributed by atoms with Crippen molar-refractivity contribution in [2.75, 3.05) is 5.73 Å². The van der Waals surface area contributed by atoms with Crippen molar-refractivity contribution in [1.29, 1.82) is 0 Å². The van der Waals surface area contributed by atoms with Crippen LogP contribution in [0, 0.1) is 0 Å². The summed E-state index contributed by atoms with van der Waals surface area (Å²) in [4.78, 5) is 23.6. The average Bonchev–Trinajstić information content (AvgIpc) is 3.16. The Bertz CT molecular complexity index is 515. The molecule has 0 heterocycles. The maximum atomic E-state index is 11.9. The molecule has 19 heavy (non-hydrogen) atoms. The maximum Gasteiger partial charge on any atom is 0.341 e. The second kappa shape index (κ2) is 5.48. The fourth-order valence-electron chi connectivity index (χ4n) is 1.54. The van der Waals surface area contributed by atoms with Gasteiger partial charge in [-0.15, -0.1) is 0 Å². The number of rotatable bonds is 4.